The monoisotopic (exact) mass is 443 g/mol. The van der Waals surface area contributed by atoms with Crippen molar-refractivity contribution in [1.29, 1.82) is 0 Å². The van der Waals surface area contributed by atoms with Crippen LogP contribution in [-0.4, -0.2) is 15.3 Å². The molecule has 2 heterocycles. The molecule has 6 rings (SSSR count). The Morgan fingerprint density at radius 2 is 1.85 bits per heavy atom. The first kappa shape index (κ1) is 21.7. The molecule has 0 aliphatic heterocycles. The lowest BCUT2D eigenvalue weighted by atomic mass is 10.0. The first-order chi connectivity index (χ1) is 16.8. The SMILES string of the molecule is C=C/C(=C\N=CC)n1c2cccc3ccc4c(c32)c1cc1ccn(C2=CC=CC=CC2)c14.CC. The van der Waals surface area contributed by atoms with E-state index in [9.17, 15) is 0 Å². The van der Waals surface area contributed by atoms with E-state index in [0.29, 0.717) is 0 Å². The number of fused-ring (bicyclic) bond motifs is 2. The number of hydrogen-bond donors (Lipinski definition) is 0. The molecular formula is C31H29N3. The van der Waals surface area contributed by atoms with Crippen LogP contribution in [0.25, 0.3) is 54.9 Å². The van der Waals surface area contributed by atoms with Gasteiger partial charge in [0, 0.05) is 46.1 Å². The van der Waals surface area contributed by atoms with E-state index in [2.05, 4.69) is 99.7 Å². The Balaban J connectivity index is 0.00000117. The number of aromatic nitrogens is 2. The Morgan fingerprint density at radius 1 is 0.971 bits per heavy atom. The Kier molecular flexibility index (Phi) is 5.77. The van der Waals surface area contributed by atoms with Gasteiger partial charge < -0.3 is 9.13 Å². The minimum atomic E-state index is 0.906. The van der Waals surface area contributed by atoms with Gasteiger partial charge in [-0.15, -0.1) is 0 Å². The smallest absolute Gasteiger partial charge is 0.0638 e. The molecule has 0 amide bonds. The summed E-state index contributed by atoms with van der Waals surface area (Å²) in [4.78, 5) is 4.39. The van der Waals surface area contributed by atoms with Gasteiger partial charge >= 0.3 is 0 Å². The number of aliphatic imine (C=N–C) groups is 1. The molecule has 0 spiro atoms. The molecule has 0 saturated carbocycles. The van der Waals surface area contributed by atoms with E-state index in [0.717, 1.165) is 12.1 Å². The second kappa shape index (κ2) is 9.03. The Labute approximate surface area is 200 Å². The van der Waals surface area contributed by atoms with Crippen molar-refractivity contribution in [3.05, 3.63) is 97.9 Å². The van der Waals surface area contributed by atoms with Crippen molar-refractivity contribution in [2.45, 2.75) is 27.2 Å². The van der Waals surface area contributed by atoms with Crippen LogP contribution >= 0.6 is 0 Å². The second-order valence-corrected chi connectivity index (χ2v) is 8.06. The predicted molar refractivity (Wildman–Crippen MR) is 151 cm³/mol. The van der Waals surface area contributed by atoms with Crippen LogP contribution in [0.2, 0.25) is 0 Å². The molecule has 0 atom stereocenters. The highest BCUT2D eigenvalue weighted by Gasteiger charge is 2.20. The maximum Gasteiger partial charge on any atom is 0.0638 e. The van der Waals surface area contributed by atoms with E-state index in [-0.39, 0.29) is 0 Å². The summed E-state index contributed by atoms with van der Waals surface area (Å²) in [5.41, 5.74) is 5.86. The van der Waals surface area contributed by atoms with Crippen LogP contribution in [0.15, 0.2) is 103 Å². The molecule has 0 bridgehead atoms. The number of nitrogens with zero attached hydrogens (tertiary/aromatic N) is 3. The van der Waals surface area contributed by atoms with Crippen molar-refractivity contribution >= 4 is 61.1 Å². The van der Waals surface area contributed by atoms with Crippen LogP contribution in [0, 0.1) is 0 Å². The lowest BCUT2D eigenvalue weighted by molar-refractivity contribution is 1.10. The number of allylic oxidation sites excluding steroid dienone is 8. The summed E-state index contributed by atoms with van der Waals surface area (Å²) in [7, 11) is 0. The average molecular weight is 444 g/mol. The molecule has 168 valence electrons. The molecule has 2 aromatic heterocycles. The van der Waals surface area contributed by atoms with Gasteiger partial charge in [0.25, 0.3) is 0 Å². The van der Waals surface area contributed by atoms with Crippen LogP contribution < -0.4 is 0 Å². The molecule has 1 aliphatic rings. The van der Waals surface area contributed by atoms with Crippen LogP contribution in [0.5, 0.6) is 0 Å². The Hall–Kier alpha value is -4.11. The molecule has 0 N–H and O–H groups in total. The third kappa shape index (κ3) is 3.24. The second-order valence-electron chi connectivity index (χ2n) is 8.06. The van der Waals surface area contributed by atoms with Gasteiger partial charge in [0.1, 0.15) is 0 Å². The minimum Gasteiger partial charge on any atom is -0.319 e. The lowest BCUT2D eigenvalue weighted by Crippen LogP contribution is -1.96. The van der Waals surface area contributed by atoms with E-state index in [1.54, 1.807) is 6.21 Å². The molecule has 34 heavy (non-hydrogen) atoms. The summed E-state index contributed by atoms with van der Waals surface area (Å²) < 4.78 is 4.63. The van der Waals surface area contributed by atoms with Gasteiger partial charge in [0.15, 0.2) is 0 Å². The van der Waals surface area contributed by atoms with Gasteiger partial charge in [-0.2, -0.15) is 0 Å². The molecule has 3 heteroatoms. The van der Waals surface area contributed by atoms with Gasteiger partial charge in [-0.3, -0.25) is 4.99 Å². The molecule has 0 saturated heterocycles. The number of hydrogen-bond acceptors (Lipinski definition) is 1. The molecule has 3 aromatic carbocycles. The normalized spacial score (nSPS) is 14.3. The maximum atomic E-state index is 4.39. The molecule has 0 radical (unpaired) electrons. The number of rotatable bonds is 4. The van der Waals surface area contributed by atoms with Crippen molar-refractivity contribution in [2.24, 2.45) is 4.99 Å². The van der Waals surface area contributed by atoms with E-state index >= 15 is 0 Å². The fourth-order valence-electron chi connectivity index (χ4n) is 5.00. The zero-order chi connectivity index (χ0) is 23.7. The highest BCUT2D eigenvalue weighted by Crippen LogP contribution is 2.42. The topological polar surface area (TPSA) is 22.2 Å². The van der Waals surface area contributed by atoms with Crippen molar-refractivity contribution in [3.63, 3.8) is 0 Å². The largest absolute Gasteiger partial charge is 0.319 e. The maximum absolute atomic E-state index is 4.39. The van der Waals surface area contributed by atoms with E-state index in [1.165, 1.54) is 49.2 Å². The summed E-state index contributed by atoms with van der Waals surface area (Å²) in [5, 5.41) is 6.32. The fourth-order valence-corrected chi connectivity index (χ4v) is 5.00. The van der Waals surface area contributed by atoms with Crippen molar-refractivity contribution in [2.75, 3.05) is 0 Å². The Bertz CT molecular complexity index is 1660. The first-order valence-corrected chi connectivity index (χ1v) is 11.9. The van der Waals surface area contributed by atoms with Crippen LogP contribution in [-0.2, 0) is 0 Å². The molecule has 3 nitrogen and oxygen atoms in total. The third-order valence-corrected chi connectivity index (χ3v) is 6.33. The fraction of sp³-hybridized carbons (Fsp3) is 0.129. The minimum absolute atomic E-state index is 0.906. The highest BCUT2D eigenvalue weighted by molar-refractivity contribution is 6.30. The van der Waals surface area contributed by atoms with Crippen molar-refractivity contribution in [1.82, 2.24) is 9.13 Å². The zero-order valence-corrected chi connectivity index (χ0v) is 20.0. The van der Waals surface area contributed by atoms with Crippen LogP contribution in [0.3, 0.4) is 0 Å². The lowest BCUT2D eigenvalue weighted by Gasteiger charge is -2.12. The van der Waals surface area contributed by atoms with E-state index in [4.69, 9.17) is 0 Å². The molecule has 5 aromatic rings. The van der Waals surface area contributed by atoms with E-state index in [1.807, 2.05) is 33.0 Å². The van der Waals surface area contributed by atoms with Gasteiger partial charge in [0.2, 0.25) is 0 Å². The molecule has 0 fully saturated rings. The average Bonchev–Trinajstić information content (AvgIpc) is 3.33. The van der Waals surface area contributed by atoms with Gasteiger partial charge in [0.05, 0.1) is 28.4 Å². The van der Waals surface area contributed by atoms with Crippen molar-refractivity contribution < 1.29 is 0 Å². The standard InChI is InChI=1S/C29H23N3.C2H6/c1-3-22(19-30-4-2)32-25-13-9-10-20-14-15-24-28(27(20)25)26(32)18-21-16-17-31(29(21)24)23-11-7-5-6-8-12-23;1-2/h3-11,13-19H,1,12H2,2H3;1-2H3/b22-19+,30-4?;. The number of benzene rings is 3. The zero-order valence-electron chi connectivity index (χ0n) is 20.0. The molecule has 0 unspecified atom stereocenters. The summed E-state index contributed by atoms with van der Waals surface area (Å²) in [6.45, 7) is 10.0. The molecule has 1 aliphatic carbocycles. The summed E-state index contributed by atoms with van der Waals surface area (Å²) in [5.74, 6) is 0. The predicted octanol–water partition coefficient (Wildman–Crippen LogP) is 8.80. The van der Waals surface area contributed by atoms with Gasteiger partial charge in [-0.05, 0) is 42.7 Å². The van der Waals surface area contributed by atoms with Gasteiger partial charge in [-0.1, -0.05) is 69.0 Å². The highest BCUT2D eigenvalue weighted by atomic mass is 15.0. The summed E-state index contributed by atoms with van der Waals surface area (Å²) in [6, 6.07) is 15.6. The Morgan fingerprint density at radius 3 is 2.68 bits per heavy atom. The van der Waals surface area contributed by atoms with E-state index < -0.39 is 0 Å². The molecular weight excluding hydrogens is 414 g/mol. The summed E-state index contributed by atoms with van der Waals surface area (Å²) >= 11 is 0. The first-order valence-electron chi connectivity index (χ1n) is 11.9. The van der Waals surface area contributed by atoms with Crippen LogP contribution in [0.4, 0.5) is 0 Å². The van der Waals surface area contributed by atoms with Crippen LogP contribution in [0.1, 0.15) is 27.2 Å². The quantitative estimate of drug-likeness (QED) is 0.150. The van der Waals surface area contributed by atoms with Gasteiger partial charge in [-0.25, -0.2) is 0 Å². The third-order valence-electron chi connectivity index (χ3n) is 6.33. The van der Waals surface area contributed by atoms with Crippen molar-refractivity contribution in [3.8, 4) is 0 Å². The summed E-state index contributed by atoms with van der Waals surface area (Å²) in [6.07, 6.45) is 19.4.